The quantitative estimate of drug-likeness (QED) is 0.648. The Morgan fingerprint density at radius 3 is 2.43 bits per heavy atom. The van der Waals surface area contributed by atoms with Crippen molar-refractivity contribution in [2.75, 3.05) is 6.54 Å². The summed E-state index contributed by atoms with van der Waals surface area (Å²) in [6, 6.07) is 6.73. The second-order valence-corrected chi connectivity index (χ2v) is 10.3. The molecule has 0 heterocycles. The van der Waals surface area contributed by atoms with Crippen LogP contribution in [0.4, 0.5) is 0 Å². The number of halogens is 1. The van der Waals surface area contributed by atoms with E-state index in [0.29, 0.717) is 29.9 Å². The molecule has 3 saturated carbocycles. The minimum atomic E-state index is -3.57. The van der Waals surface area contributed by atoms with Gasteiger partial charge in [0.05, 0.1) is 4.90 Å². The third-order valence-electron chi connectivity index (χ3n) is 6.34. The predicted octanol–water partition coefficient (Wildman–Crippen LogP) is 2.43. The molecule has 3 aliphatic carbocycles. The number of fused-ring (bicyclic) bond motifs is 2. The number of amides is 1. The summed E-state index contributed by atoms with van der Waals surface area (Å²) < 4.78 is 27.6. The van der Waals surface area contributed by atoms with Crippen LogP contribution in [0.3, 0.4) is 0 Å². The molecule has 0 saturated heterocycles. The summed E-state index contributed by atoms with van der Waals surface area (Å²) in [4.78, 5) is 13.0. The lowest BCUT2D eigenvalue weighted by Crippen LogP contribution is -2.53. The number of rotatable bonds is 6. The molecular formula is C20H30ClN3O3S. The zero-order chi connectivity index (χ0) is 19.0. The summed E-state index contributed by atoms with van der Waals surface area (Å²) in [6.45, 7) is 0.477. The first kappa shape index (κ1) is 21.6. The van der Waals surface area contributed by atoms with E-state index in [-0.39, 0.29) is 35.3 Å². The van der Waals surface area contributed by atoms with E-state index in [4.69, 9.17) is 5.73 Å². The Balaban J connectivity index is 0.00000225. The van der Waals surface area contributed by atoms with Gasteiger partial charge < -0.3 is 11.1 Å². The van der Waals surface area contributed by atoms with Gasteiger partial charge in [0.15, 0.2) is 0 Å². The minimum absolute atomic E-state index is 0. The Morgan fingerprint density at radius 1 is 1.11 bits per heavy atom. The van der Waals surface area contributed by atoms with Crippen molar-refractivity contribution in [3.63, 3.8) is 0 Å². The molecule has 2 unspecified atom stereocenters. The fourth-order valence-electron chi connectivity index (χ4n) is 4.70. The van der Waals surface area contributed by atoms with E-state index in [1.54, 1.807) is 18.2 Å². The van der Waals surface area contributed by atoms with Crippen LogP contribution in [0.15, 0.2) is 29.2 Å². The molecule has 2 atom stereocenters. The van der Waals surface area contributed by atoms with Crippen LogP contribution >= 0.6 is 12.4 Å². The second kappa shape index (κ2) is 8.69. The molecule has 3 fully saturated rings. The van der Waals surface area contributed by atoms with E-state index in [1.165, 1.54) is 12.5 Å². The number of hydrogen-bond acceptors (Lipinski definition) is 4. The Morgan fingerprint density at radius 2 is 1.79 bits per heavy atom. The van der Waals surface area contributed by atoms with E-state index in [9.17, 15) is 13.2 Å². The highest BCUT2D eigenvalue weighted by molar-refractivity contribution is 7.89. The van der Waals surface area contributed by atoms with E-state index in [0.717, 1.165) is 38.5 Å². The van der Waals surface area contributed by atoms with E-state index >= 15 is 0 Å². The summed E-state index contributed by atoms with van der Waals surface area (Å²) >= 11 is 0. The molecule has 8 heteroatoms. The van der Waals surface area contributed by atoms with Crippen LogP contribution in [-0.4, -0.2) is 33.0 Å². The van der Waals surface area contributed by atoms with Crippen molar-refractivity contribution in [3.05, 3.63) is 29.8 Å². The van der Waals surface area contributed by atoms with Gasteiger partial charge in [-0.2, -0.15) is 0 Å². The van der Waals surface area contributed by atoms with Gasteiger partial charge >= 0.3 is 0 Å². The van der Waals surface area contributed by atoms with Crippen molar-refractivity contribution in [1.82, 2.24) is 10.0 Å². The molecule has 6 nitrogen and oxygen atoms in total. The lowest BCUT2D eigenvalue weighted by Gasteiger charge is -2.45. The summed E-state index contributed by atoms with van der Waals surface area (Å²) in [5.74, 6) is 1.14. The maximum absolute atomic E-state index is 12.8. The largest absolute Gasteiger partial charge is 0.349 e. The van der Waals surface area contributed by atoms with Gasteiger partial charge in [-0.3, -0.25) is 4.79 Å². The third-order valence-corrected chi connectivity index (χ3v) is 7.76. The van der Waals surface area contributed by atoms with Crippen LogP contribution in [0.5, 0.6) is 0 Å². The lowest BCUT2D eigenvalue weighted by molar-refractivity contribution is 0.0756. The van der Waals surface area contributed by atoms with Crippen LogP contribution in [0.2, 0.25) is 0 Å². The zero-order valence-corrected chi connectivity index (χ0v) is 17.6. The van der Waals surface area contributed by atoms with Gasteiger partial charge in [0.25, 0.3) is 5.91 Å². The molecule has 28 heavy (non-hydrogen) atoms. The number of benzene rings is 1. The van der Waals surface area contributed by atoms with Gasteiger partial charge in [-0.25, -0.2) is 13.1 Å². The number of carbonyl (C=O) groups is 1. The number of nitrogens with two attached hydrogens (primary N) is 1. The van der Waals surface area contributed by atoms with Crippen molar-refractivity contribution in [3.8, 4) is 0 Å². The second-order valence-electron chi connectivity index (χ2n) is 8.50. The Hall–Kier alpha value is -1.15. The fraction of sp³-hybridized carbons (Fsp3) is 0.650. The molecule has 0 aliphatic heterocycles. The van der Waals surface area contributed by atoms with Gasteiger partial charge in [-0.15, -0.1) is 12.4 Å². The molecule has 4 N–H and O–H groups in total. The van der Waals surface area contributed by atoms with Crippen LogP contribution in [0.25, 0.3) is 0 Å². The molecule has 3 aliphatic rings. The maximum Gasteiger partial charge on any atom is 0.251 e. The number of sulfonamides is 1. The van der Waals surface area contributed by atoms with Crippen molar-refractivity contribution in [2.45, 2.75) is 61.9 Å². The Kier molecular flexibility index (Phi) is 6.69. The summed E-state index contributed by atoms with van der Waals surface area (Å²) in [5, 5.41) is 3.19. The average Bonchev–Trinajstić information content (AvgIpc) is 3.45. The van der Waals surface area contributed by atoms with E-state index < -0.39 is 10.0 Å². The highest BCUT2D eigenvalue weighted by Crippen LogP contribution is 2.39. The summed E-state index contributed by atoms with van der Waals surface area (Å²) in [6.07, 6.45) is 7.50. The lowest BCUT2D eigenvalue weighted by atomic mass is 9.67. The first-order valence-electron chi connectivity index (χ1n) is 10.1. The molecule has 0 spiro atoms. The van der Waals surface area contributed by atoms with Gasteiger partial charge in [0, 0.05) is 24.2 Å². The molecule has 156 valence electrons. The van der Waals surface area contributed by atoms with Crippen molar-refractivity contribution in [1.29, 1.82) is 0 Å². The number of nitrogens with one attached hydrogen (secondary N) is 2. The molecule has 0 radical (unpaired) electrons. The zero-order valence-electron chi connectivity index (χ0n) is 16.0. The first-order chi connectivity index (χ1) is 12.9. The number of carbonyl (C=O) groups excluding carboxylic acids is 1. The van der Waals surface area contributed by atoms with Gasteiger partial charge in [-0.05, 0) is 74.5 Å². The summed E-state index contributed by atoms with van der Waals surface area (Å²) in [7, 11) is -3.57. The molecular weight excluding hydrogens is 398 g/mol. The van der Waals surface area contributed by atoms with Gasteiger partial charge in [-0.1, -0.05) is 12.5 Å². The van der Waals surface area contributed by atoms with Crippen molar-refractivity contribution < 1.29 is 13.2 Å². The summed E-state index contributed by atoms with van der Waals surface area (Å²) in [5.41, 5.74) is 6.56. The van der Waals surface area contributed by atoms with Gasteiger partial charge in [0.2, 0.25) is 10.0 Å². The van der Waals surface area contributed by atoms with Gasteiger partial charge in [0.1, 0.15) is 0 Å². The molecule has 1 aromatic carbocycles. The van der Waals surface area contributed by atoms with Crippen LogP contribution in [0, 0.1) is 17.8 Å². The predicted molar refractivity (Wildman–Crippen MR) is 111 cm³/mol. The topological polar surface area (TPSA) is 101 Å². The number of hydrogen-bond donors (Lipinski definition) is 3. The van der Waals surface area contributed by atoms with E-state index in [2.05, 4.69) is 10.0 Å². The molecule has 4 rings (SSSR count). The highest BCUT2D eigenvalue weighted by atomic mass is 35.5. The molecule has 2 bridgehead atoms. The Bertz CT molecular complexity index is 799. The third kappa shape index (κ3) is 4.87. The van der Waals surface area contributed by atoms with Crippen LogP contribution in [0.1, 0.15) is 55.3 Å². The van der Waals surface area contributed by atoms with Crippen LogP contribution in [-0.2, 0) is 10.0 Å². The highest BCUT2D eigenvalue weighted by Gasteiger charge is 2.40. The molecule has 1 aromatic rings. The Labute approximate surface area is 173 Å². The minimum Gasteiger partial charge on any atom is -0.349 e. The van der Waals surface area contributed by atoms with E-state index in [1.807, 2.05) is 0 Å². The first-order valence-corrected chi connectivity index (χ1v) is 11.6. The molecule has 0 aromatic heterocycles. The van der Waals surface area contributed by atoms with Crippen molar-refractivity contribution >= 4 is 28.3 Å². The van der Waals surface area contributed by atoms with Crippen molar-refractivity contribution in [2.24, 2.45) is 23.5 Å². The van der Waals surface area contributed by atoms with Crippen LogP contribution < -0.4 is 15.8 Å². The SMILES string of the molecule is Cl.NC1CC2CCCC(C1)C2NC(=O)c1cccc(S(=O)(=O)NCC2CC2)c1. The maximum atomic E-state index is 12.8. The average molecular weight is 428 g/mol. The normalized spacial score (nSPS) is 29.6. The smallest absolute Gasteiger partial charge is 0.251 e. The standard InChI is InChI=1S/C20H29N3O3S.ClH/c21-17-9-14-3-1-4-15(10-17)19(14)23-20(24)16-5-2-6-18(11-16)27(25,26)22-12-13-7-8-13;/h2,5-6,11,13-15,17,19,22H,1,3-4,7-10,12,21H2,(H,23,24);1H. The molecule has 1 amide bonds. The monoisotopic (exact) mass is 427 g/mol. The fourth-order valence-corrected chi connectivity index (χ4v) is 5.86.